The number of rotatable bonds is 2. The van der Waals surface area contributed by atoms with Gasteiger partial charge in [0.1, 0.15) is 0 Å². The molecule has 1 nitrogen and oxygen atoms in total. The lowest BCUT2D eigenvalue weighted by Gasteiger charge is -2.11. The highest BCUT2D eigenvalue weighted by Crippen LogP contribution is 2.13. The number of aryl methyl sites for hydroxylation is 1. The number of nitrogens with zero attached hydrogens (tertiary/aromatic N) is 1. The van der Waals surface area contributed by atoms with Crippen molar-refractivity contribution in [3.63, 3.8) is 0 Å². The van der Waals surface area contributed by atoms with Gasteiger partial charge in [0, 0.05) is 12.8 Å². The van der Waals surface area contributed by atoms with Crippen LogP contribution in [0.5, 0.6) is 0 Å². The molecule has 0 amide bonds. The van der Waals surface area contributed by atoms with Gasteiger partial charge in [-0.3, -0.25) is 4.99 Å². The molecular formula is C12H17N. The van der Waals surface area contributed by atoms with Crippen LogP contribution in [0, 0.1) is 12.8 Å². The Kier molecular flexibility index (Phi) is 3.24. The summed E-state index contributed by atoms with van der Waals surface area (Å²) in [6.45, 7) is 6.48. The zero-order chi connectivity index (χ0) is 9.84. The highest BCUT2D eigenvalue weighted by molar-refractivity contribution is 6.02. The van der Waals surface area contributed by atoms with Crippen LogP contribution in [0.4, 0.5) is 0 Å². The van der Waals surface area contributed by atoms with Gasteiger partial charge < -0.3 is 0 Å². The van der Waals surface area contributed by atoms with E-state index in [2.05, 4.69) is 50.0 Å². The highest BCUT2D eigenvalue weighted by atomic mass is 14.7. The van der Waals surface area contributed by atoms with E-state index in [-0.39, 0.29) is 0 Å². The molecule has 1 rings (SSSR count). The van der Waals surface area contributed by atoms with Crippen LogP contribution in [-0.4, -0.2) is 12.8 Å². The summed E-state index contributed by atoms with van der Waals surface area (Å²) < 4.78 is 0. The predicted molar refractivity (Wildman–Crippen MR) is 58.5 cm³/mol. The molecule has 0 atom stereocenters. The van der Waals surface area contributed by atoms with E-state index >= 15 is 0 Å². The lowest BCUT2D eigenvalue weighted by atomic mass is 9.96. The topological polar surface area (TPSA) is 12.4 Å². The van der Waals surface area contributed by atoms with E-state index < -0.39 is 0 Å². The molecule has 0 spiro atoms. The Bertz CT molecular complexity index is 311. The molecule has 0 radical (unpaired) electrons. The molecule has 0 saturated heterocycles. The van der Waals surface area contributed by atoms with Crippen LogP contribution in [0.15, 0.2) is 29.3 Å². The summed E-state index contributed by atoms with van der Waals surface area (Å²) in [5, 5.41) is 0. The third kappa shape index (κ3) is 2.18. The Balaban J connectivity index is 3.13. The van der Waals surface area contributed by atoms with Gasteiger partial charge in [0.05, 0.1) is 0 Å². The second-order valence-electron chi connectivity index (χ2n) is 3.58. The summed E-state index contributed by atoms with van der Waals surface area (Å²) in [6, 6.07) is 8.39. The minimum atomic E-state index is 0.492. The Hall–Kier alpha value is -1.11. The summed E-state index contributed by atoms with van der Waals surface area (Å²) in [5.74, 6) is 0.492. The van der Waals surface area contributed by atoms with Crippen molar-refractivity contribution in [2.24, 2.45) is 10.9 Å². The van der Waals surface area contributed by atoms with Crippen molar-refractivity contribution in [1.82, 2.24) is 0 Å². The summed E-state index contributed by atoms with van der Waals surface area (Å²) in [4.78, 5) is 4.34. The van der Waals surface area contributed by atoms with Crippen LogP contribution in [0.3, 0.4) is 0 Å². The molecular weight excluding hydrogens is 158 g/mol. The first-order chi connectivity index (χ1) is 6.16. The van der Waals surface area contributed by atoms with Crippen LogP contribution in [0.25, 0.3) is 0 Å². The minimum absolute atomic E-state index is 0.492. The number of hydrogen-bond donors (Lipinski definition) is 0. The van der Waals surface area contributed by atoms with Crippen LogP contribution >= 0.6 is 0 Å². The molecule has 0 aliphatic heterocycles. The lowest BCUT2D eigenvalue weighted by molar-refractivity contribution is 0.880. The van der Waals surface area contributed by atoms with Gasteiger partial charge in [-0.15, -0.1) is 0 Å². The van der Waals surface area contributed by atoms with Gasteiger partial charge in [-0.25, -0.2) is 0 Å². The zero-order valence-electron chi connectivity index (χ0n) is 8.83. The van der Waals surface area contributed by atoms with Crippen LogP contribution < -0.4 is 0 Å². The van der Waals surface area contributed by atoms with Crippen LogP contribution in [-0.2, 0) is 0 Å². The number of benzene rings is 1. The van der Waals surface area contributed by atoms with E-state index in [1.54, 1.807) is 0 Å². The number of aliphatic imine (C=N–C) groups is 1. The number of hydrogen-bond acceptors (Lipinski definition) is 1. The quantitative estimate of drug-likeness (QED) is 0.612. The molecule has 0 bridgehead atoms. The van der Waals surface area contributed by atoms with E-state index in [0.29, 0.717) is 5.92 Å². The van der Waals surface area contributed by atoms with E-state index in [0.717, 1.165) is 0 Å². The average molecular weight is 175 g/mol. The molecule has 70 valence electrons. The van der Waals surface area contributed by atoms with Crippen molar-refractivity contribution >= 4 is 5.71 Å². The van der Waals surface area contributed by atoms with Gasteiger partial charge in [-0.05, 0) is 24.0 Å². The van der Waals surface area contributed by atoms with Crippen molar-refractivity contribution in [2.45, 2.75) is 20.8 Å². The average Bonchev–Trinajstić information content (AvgIpc) is 2.09. The fraction of sp³-hybridized carbons (Fsp3) is 0.417. The van der Waals surface area contributed by atoms with Crippen molar-refractivity contribution in [3.8, 4) is 0 Å². The Morgan fingerprint density at radius 2 is 1.85 bits per heavy atom. The SMILES string of the molecule is CN=C(c1ccccc1C)C(C)C. The second-order valence-corrected chi connectivity index (χ2v) is 3.58. The molecule has 13 heavy (non-hydrogen) atoms. The molecule has 1 aromatic rings. The first kappa shape index (κ1) is 9.97. The molecule has 0 aliphatic rings. The maximum absolute atomic E-state index is 4.34. The van der Waals surface area contributed by atoms with Crippen molar-refractivity contribution in [1.29, 1.82) is 0 Å². The van der Waals surface area contributed by atoms with E-state index in [9.17, 15) is 0 Å². The van der Waals surface area contributed by atoms with E-state index in [1.807, 2.05) is 7.05 Å². The first-order valence-electron chi connectivity index (χ1n) is 4.69. The van der Waals surface area contributed by atoms with E-state index in [1.165, 1.54) is 16.8 Å². The Morgan fingerprint density at radius 3 is 2.31 bits per heavy atom. The first-order valence-corrected chi connectivity index (χ1v) is 4.69. The maximum Gasteiger partial charge on any atom is 0.0445 e. The van der Waals surface area contributed by atoms with Gasteiger partial charge in [0.15, 0.2) is 0 Å². The van der Waals surface area contributed by atoms with Crippen molar-refractivity contribution in [3.05, 3.63) is 35.4 Å². The van der Waals surface area contributed by atoms with Gasteiger partial charge in [0.2, 0.25) is 0 Å². The standard InChI is InChI=1S/C12H17N/c1-9(2)12(13-4)11-8-6-5-7-10(11)3/h5-9H,1-4H3. The summed E-state index contributed by atoms with van der Waals surface area (Å²) in [7, 11) is 1.86. The summed E-state index contributed by atoms with van der Waals surface area (Å²) in [5.41, 5.74) is 3.77. The van der Waals surface area contributed by atoms with Gasteiger partial charge in [-0.2, -0.15) is 0 Å². The molecule has 0 fully saturated rings. The van der Waals surface area contributed by atoms with E-state index in [4.69, 9.17) is 0 Å². The Labute approximate surface area is 80.5 Å². The molecule has 0 unspecified atom stereocenters. The van der Waals surface area contributed by atoms with Gasteiger partial charge >= 0.3 is 0 Å². The monoisotopic (exact) mass is 175 g/mol. The molecule has 0 saturated carbocycles. The minimum Gasteiger partial charge on any atom is -0.292 e. The molecule has 0 aliphatic carbocycles. The fourth-order valence-electron chi connectivity index (χ4n) is 1.55. The Morgan fingerprint density at radius 1 is 1.23 bits per heavy atom. The molecule has 1 heteroatoms. The van der Waals surface area contributed by atoms with Crippen LogP contribution in [0.2, 0.25) is 0 Å². The largest absolute Gasteiger partial charge is 0.292 e. The zero-order valence-corrected chi connectivity index (χ0v) is 8.83. The highest BCUT2D eigenvalue weighted by Gasteiger charge is 2.08. The molecule has 0 aromatic heterocycles. The maximum atomic E-state index is 4.34. The fourth-order valence-corrected chi connectivity index (χ4v) is 1.55. The third-order valence-corrected chi connectivity index (χ3v) is 2.21. The van der Waals surface area contributed by atoms with Crippen molar-refractivity contribution in [2.75, 3.05) is 7.05 Å². The molecule has 0 N–H and O–H groups in total. The molecule has 1 aromatic carbocycles. The van der Waals surface area contributed by atoms with Crippen LogP contribution in [0.1, 0.15) is 25.0 Å². The normalized spacial score (nSPS) is 12.2. The summed E-state index contributed by atoms with van der Waals surface area (Å²) >= 11 is 0. The molecule has 0 heterocycles. The predicted octanol–water partition coefficient (Wildman–Crippen LogP) is 3.07. The second kappa shape index (κ2) is 4.22. The summed E-state index contributed by atoms with van der Waals surface area (Å²) in [6.07, 6.45) is 0. The lowest BCUT2D eigenvalue weighted by Crippen LogP contribution is -2.10. The van der Waals surface area contributed by atoms with Gasteiger partial charge in [-0.1, -0.05) is 38.1 Å². The third-order valence-electron chi connectivity index (χ3n) is 2.21. The van der Waals surface area contributed by atoms with Gasteiger partial charge in [0.25, 0.3) is 0 Å². The van der Waals surface area contributed by atoms with Crippen molar-refractivity contribution < 1.29 is 0 Å². The smallest absolute Gasteiger partial charge is 0.0445 e.